The Hall–Kier alpha value is -2.95. The van der Waals surface area contributed by atoms with Crippen LogP contribution in [0.5, 0.6) is 11.5 Å². The van der Waals surface area contributed by atoms with Gasteiger partial charge in [-0.25, -0.2) is 9.18 Å². The molecule has 1 aromatic heterocycles. The molecule has 0 aliphatic heterocycles. The summed E-state index contributed by atoms with van der Waals surface area (Å²) in [5.41, 5.74) is 0.581. The van der Waals surface area contributed by atoms with Crippen LogP contribution in [0.1, 0.15) is 10.4 Å². The van der Waals surface area contributed by atoms with E-state index in [4.69, 9.17) is 4.74 Å². The van der Waals surface area contributed by atoms with E-state index in [2.05, 4.69) is 4.98 Å². The van der Waals surface area contributed by atoms with Gasteiger partial charge in [0.15, 0.2) is 5.75 Å². The van der Waals surface area contributed by atoms with Crippen molar-refractivity contribution in [1.29, 1.82) is 0 Å². The van der Waals surface area contributed by atoms with Crippen molar-refractivity contribution in [3.63, 3.8) is 0 Å². The van der Waals surface area contributed by atoms with Gasteiger partial charge in [0.25, 0.3) is 0 Å². The van der Waals surface area contributed by atoms with E-state index in [1.807, 2.05) is 0 Å². The van der Waals surface area contributed by atoms with Gasteiger partial charge in [0.2, 0.25) is 0 Å². The number of ether oxygens (including phenoxy) is 1. The molecule has 0 atom stereocenters. The lowest BCUT2D eigenvalue weighted by molar-refractivity contribution is 0.0694. The predicted octanol–water partition coefficient (Wildman–Crippen LogP) is 3.86. The Labute approximate surface area is 119 Å². The molecule has 0 amide bonds. The van der Waals surface area contributed by atoms with Gasteiger partial charge >= 0.3 is 5.97 Å². The fourth-order valence-electron chi connectivity index (χ4n) is 2.00. The Balaban J connectivity index is 2.16. The molecular weight excluding hydrogens is 273 g/mol. The standard InChI is InChI=1S/C16H10FNO3/c17-10-5-7-11(8-6-10)21-15-12-3-1-2-4-14(12)18-9-13(15)16(19)20/h1-9H,(H,19,20). The van der Waals surface area contributed by atoms with E-state index in [0.29, 0.717) is 16.7 Å². The third kappa shape index (κ3) is 2.53. The highest BCUT2D eigenvalue weighted by Crippen LogP contribution is 2.32. The van der Waals surface area contributed by atoms with Gasteiger partial charge in [-0.3, -0.25) is 4.98 Å². The highest BCUT2D eigenvalue weighted by atomic mass is 19.1. The molecule has 1 heterocycles. The van der Waals surface area contributed by atoms with Crippen molar-refractivity contribution in [3.05, 3.63) is 66.1 Å². The van der Waals surface area contributed by atoms with Crippen LogP contribution in [0.15, 0.2) is 54.7 Å². The molecule has 2 aromatic carbocycles. The molecule has 3 aromatic rings. The summed E-state index contributed by atoms with van der Waals surface area (Å²) in [6.45, 7) is 0. The fraction of sp³-hybridized carbons (Fsp3) is 0. The van der Waals surface area contributed by atoms with Crippen LogP contribution in [-0.2, 0) is 0 Å². The van der Waals surface area contributed by atoms with Crippen molar-refractivity contribution < 1.29 is 19.0 Å². The number of carboxylic acid groups (broad SMARTS) is 1. The van der Waals surface area contributed by atoms with E-state index in [1.54, 1.807) is 24.3 Å². The number of fused-ring (bicyclic) bond motifs is 1. The van der Waals surface area contributed by atoms with Gasteiger partial charge in [-0.2, -0.15) is 0 Å². The van der Waals surface area contributed by atoms with E-state index < -0.39 is 5.97 Å². The predicted molar refractivity (Wildman–Crippen MR) is 75.2 cm³/mol. The van der Waals surface area contributed by atoms with E-state index in [-0.39, 0.29) is 17.1 Å². The van der Waals surface area contributed by atoms with Gasteiger partial charge in [0.05, 0.1) is 5.52 Å². The lowest BCUT2D eigenvalue weighted by Gasteiger charge is -2.11. The molecule has 0 unspecified atom stereocenters. The van der Waals surface area contributed by atoms with E-state index >= 15 is 0 Å². The van der Waals surface area contributed by atoms with Gasteiger partial charge in [-0.1, -0.05) is 12.1 Å². The first-order valence-electron chi connectivity index (χ1n) is 6.19. The molecule has 21 heavy (non-hydrogen) atoms. The zero-order valence-electron chi connectivity index (χ0n) is 10.8. The molecule has 0 spiro atoms. The first-order valence-corrected chi connectivity index (χ1v) is 6.19. The van der Waals surface area contributed by atoms with Crippen molar-refractivity contribution in [1.82, 2.24) is 4.98 Å². The van der Waals surface area contributed by atoms with Crippen LogP contribution in [-0.4, -0.2) is 16.1 Å². The summed E-state index contributed by atoms with van der Waals surface area (Å²) in [6, 6.07) is 12.4. The number of aromatic nitrogens is 1. The molecule has 0 saturated carbocycles. The number of aromatic carboxylic acids is 1. The second-order valence-electron chi connectivity index (χ2n) is 4.38. The maximum Gasteiger partial charge on any atom is 0.341 e. The topological polar surface area (TPSA) is 59.4 Å². The summed E-state index contributed by atoms with van der Waals surface area (Å²) >= 11 is 0. The third-order valence-corrected chi connectivity index (χ3v) is 2.99. The Kier molecular flexibility index (Phi) is 3.23. The molecule has 104 valence electrons. The number of para-hydroxylation sites is 1. The molecule has 0 aliphatic rings. The lowest BCUT2D eigenvalue weighted by atomic mass is 10.1. The largest absolute Gasteiger partial charge is 0.477 e. The Morgan fingerprint density at radius 3 is 2.52 bits per heavy atom. The normalized spacial score (nSPS) is 10.5. The molecule has 3 rings (SSSR count). The molecular formula is C16H10FNO3. The zero-order valence-corrected chi connectivity index (χ0v) is 10.8. The lowest BCUT2D eigenvalue weighted by Crippen LogP contribution is -2.02. The maximum atomic E-state index is 12.9. The SMILES string of the molecule is O=C(O)c1cnc2ccccc2c1Oc1ccc(F)cc1. The van der Waals surface area contributed by atoms with Crippen LogP contribution in [0, 0.1) is 5.82 Å². The molecule has 5 heteroatoms. The fourth-order valence-corrected chi connectivity index (χ4v) is 2.00. The van der Waals surface area contributed by atoms with Gasteiger partial charge in [0.1, 0.15) is 17.1 Å². The first kappa shape index (κ1) is 13.1. The minimum absolute atomic E-state index is 0.0435. The highest BCUT2D eigenvalue weighted by molar-refractivity contribution is 5.98. The smallest absolute Gasteiger partial charge is 0.341 e. The van der Waals surface area contributed by atoms with Gasteiger partial charge < -0.3 is 9.84 Å². The summed E-state index contributed by atoms with van der Waals surface area (Å²) in [5.74, 6) is -0.972. The summed E-state index contributed by atoms with van der Waals surface area (Å²) in [5, 5.41) is 9.85. The van der Waals surface area contributed by atoms with Gasteiger partial charge in [-0.15, -0.1) is 0 Å². The van der Waals surface area contributed by atoms with E-state index in [1.165, 1.54) is 30.5 Å². The van der Waals surface area contributed by atoms with Crippen LogP contribution < -0.4 is 4.74 Å². The summed E-state index contributed by atoms with van der Waals surface area (Å²) in [4.78, 5) is 15.4. The van der Waals surface area contributed by atoms with Crippen LogP contribution in [0.4, 0.5) is 4.39 Å². The molecule has 0 radical (unpaired) electrons. The number of pyridine rings is 1. The van der Waals surface area contributed by atoms with Crippen molar-refractivity contribution >= 4 is 16.9 Å². The number of halogens is 1. The van der Waals surface area contributed by atoms with Crippen LogP contribution in [0.2, 0.25) is 0 Å². The Bertz CT molecular complexity index is 815. The summed E-state index contributed by atoms with van der Waals surface area (Å²) < 4.78 is 18.6. The van der Waals surface area contributed by atoms with E-state index in [9.17, 15) is 14.3 Å². The van der Waals surface area contributed by atoms with Crippen LogP contribution >= 0.6 is 0 Å². The Morgan fingerprint density at radius 1 is 1.10 bits per heavy atom. The number of hydrogen-bond acceptors (Lipinski definition) is 3. The zero-order chi connectivity index (χ0) is 14.8. The molecule has 0 bridgehead atoms. The molecule has 0 saturated heterocycles. The minimum atomic E-state index is -1.13. The summed E-state index contributed by atoms with van der Waals surface area (Å²) in [7, 11) is 0. The number of benzene rings is 2. The quantitative estimate of drug-likeness (QED) is 0.792. The van der Waals surface area contributed by atoms with Crippen LogP contribution in [0.3, 0.4) is 0 Å². The second kappa shape index (κ2) is 5.20. The van der Waals surface area contributed by atoms with Gasteiger partial charge in [-0.05, 0) is 36.4 Å². The number of carboxylic acids is 1. The van der Waals surface area contributed by atoms with Crippen molar-refractivity contribution in [3.8, 4) is 11.5 Å². The molecule has 0 fully saturated rings. The highest BCUT2D eigenvalue weighted by Gasteiger charge is 2.16. The number of hydrogen-bond donors (Lipinski definition) is 1. The average Bonchev–Trinajstić information content (AvgIpc) is 2.49. The summed E-state index contributed by atoms with van der Waals surface area (Å²) in [6.07, 6.45) is 1.25. The molecule has 4 nitrogen and oxygen atoms in total. The monoisotopic (exact) mass is 283 g/mol. The van der Waals surface area contributed by atoms with Crippen molar-refractivity contribution in [2.75, 3.05) is 0 Å². The number of rotatable bonds is 3. The second-order valence-corrected chi connectivity index (χ2v) is 4.38. The first-order chi connectivity index (χ1) is 10.1. The van der Waals surface area contributed by atoms with Crippen molar-refractivity contribution in [2.24, 2.45) is 0 Å². The molecule has 1 N–H and O–H groups in total. The maximum absolute atomic E-state index is 12.9. The molecule has 0 aliphatic carbocycles. The Morgan fingerprint density at radius 2 is 1.81 bits per heavy atom. The minimum Gasteiger partial charge on any atom is -0.477 e. The third-order valence-electron chi connectivity index (χ3n) is 2.99. The van der Waals surface area contributed by atoms with E-state index in [0.717, 1.165) is 0 Å². The number of carbonyl (C=O) groups is 1. The number of nitrogens with zero attached hydrogens (tertiary/aromatic N) is 1. The van der Waals surface area contributed by atoms with Crippen molar-refractivity contribution in [2.45, 2.75) is 0 Å². The average molecular weight is 283 g/mol. The van der Waals surface area contributed by atoms with Gasteiger partial charge in [0, 0.05) is 11.6 Å². The van der Waals surface area contributed by atoms with Crippen LogP contribution in [0.25, 0.3) is 10.9 Å².